The number of nitrogens with one attached hydrogen (secondary N) is 1. The molecule has 1 atom stereocenters. The zero-order valence-corrected chi connectivity index (χ0v) is 12.6. The Labute approximate surface area is 133 Å². The van der Waals surface area contributed by atoms with Crippen LogP contribution in [0.4, 0.5) is 4.79 Å². The summed E-state index contributed by atoms with van der Waals surface area (Å²) >= 11 is 3.88. The van der Waals surface area contributed by atoms with Crippen LogP contribution in [0.1, 0.15) is 17.0 Å². The molecule has 0 saturated carbocycles. The molecular formula is C17H15NO3S. The van der Waals surface area contributed by atoms with Gasteiger partial charge in [-0.1, -0.05) is 48.5 Å². The summed E-state index contributed by atoms with van der Waals surface area (Å²) in [7, 11) is 0. The van der Waals surface area contributed by atoms with Crippen LogP contribution in [0.15, 0.2) is 48.5 Å². The van der Waals surface area contributed by atoms with Crippen molar-refractivity contribution < 1.29 is 14.3 Å². The van der Waals surface area contributed by atoms with Gasteiger partial charge in [0.2, 0.25) is 0 Å². The van der Waals surface area contributed by atoms with Crippen molar-refractivity contribution in [3.05, 3.63) is 59.7 Å². The van der Waals surface area contributed by atoms with Gasteiger partial charge in [-0.3, -0.25) is 0 Å². The Morgan fingerprint density at radius 2 is 1.68 bits per heavy atom. The van der Waals surface area contributed by atoms with Gasteiger partial charge in [0.05, 0.1) is 0 Å². The molecule has 22 heavy (non-hydrogen) atoms. The minimum atomic E-state index is -0.851. The molecule has 0 aliphatic heterocycles. The number of thiol groups is 1. The van der Waals surface area contributed by atoms with E-state index in [1.165, 1.54) is 11.1 Å². The summed E-state index contributed by atoms with van der Waals surface area (Å²) in [6.45, 7) is 0.221. The highest BCUT2D eigenvalue weighted by molar-refractivity contribution is 7.81. The number of ether oxygens (including phenoxy) is 1. The average Bonchev–Trinajstić information content (AvgIpc) is 2.87. The van der Waals surface area contributed by atoms with E-state index in [1.54, 1.807) is 0 Å². The van der Waals surface area contributed by atoms with E-state index >= 15 is 0 Å². The zero-order chi connectivity index (χ0) is 15.5. The van der Waals surface area contributed by atoms with Gasteiger partial charge < -0.3 is 14.8 Å². The zero-order valence-electron chi connectivity index (χ0n) is 11.7. The molecule has 4 nitrogen and oxygen atoms in total. The molecule has 0 radical (unpaired) electrons. The van der Waals surface area contributed by atoms with Crippen molar-refractivity contribution in [3.8, 4) is 11.1 Å². The molecule has 0 unspecified atom stereocenters. The van der Waals surface area contributed by atoms with Crippen LogP contribution in [0.5, 0.6) is 0 Å². The van der Waals surface area contributed by atoms with E-state index in [2.05, 4.69) is 30.1 Å². The van der Waals surface area contributed by atoms with Crippen LogP contribution < -0.4 is 5.32 Å². The molecule has 0 bridgehead atoms. The summed E-state index contributed by atoms with van der Waals surface area (Å²) in [4.78, 5) is 22.1. The van der Waals surface area contributed by atoms with Gasteiger partial charge in [0, 0.05) is 5.92 Å². The Kier molecular flexibility index (Phi) is 4.15. The normalized spacial score (nSPS) is 13.9. The van der Waals surface area contributed by atoms with E-state index < -0.39 is 11.5 Å². The summed E-state index contributed by atoms with van der Waals surface area (Å²) in [6, 6.07) is 16.2. The minimum absolute atomic E-state index is 0.00717. The summed E-state index contributed by atoms with van der Waals surface area (Å²) in [5.41, 5.74) is 4.64. The van der Waals surface area contributed by atoms with Crippen LogP contribution in [0, 0.1) is 0 Å². The molecule has 2 aromatic carbocycles. The first-order valence-electron chi connectivity index (χ1n) is 6.95. The predicted octanol–water partition coefficient (Wildman–Crippen LogP) is 2.98. The van der Waals surface area contributed by atoms with E-state index in [-0.39, 0.29) is 12.5 Å². The molecule has 0 aromatic heterocycles. The van der Waals surface area contributed by atoms with Crippen molar-refractivity contribution in [2.24, 2.45) is 0 Å². The smallest absolute Gasteiger partial charge is 0.408 e. The van der Waals surface area contributed by atoms with Crippen LogP contribution in [0.3, 0.4) is 0 Å². The van der Waals surface area contributed by atoms with Gasteiger partial charge in [-0.05, 0) is 22.3 Å². The molecule has 1 aliphatic rings. The summed E-state index contributed by atoms with van der Waals surface area (Å²) < 4.78 is 5.25. The number of alkyl carbamates (subject to hydrolysis) is 1. The fraction of sp³-hybridized carbons (Fsp3) is 0.176. The first-order valence-corrected chi connectivity index (χ1v) is 7.47. The van der Waals surface area contributed by atoms with Gasteiger partial charge in [-0.15, -0.1) is 12.6 Å². The Hall–Kier alpha value is -2.27. The largest absolute Gasteiger partial charge is 0.449 e. The lowest BCUT2D eigenvalue weighted by Crippen LogP contribution is -2.33. The summed E-state index contributed by atoms with van der Waals surface area (Å²) in [5.74, 6) is 0.00717. The molecule has 0 saturated heterocycles. The third-order valence-electron chi connectivity index (χ3n) is 3.74. The molecule has 0 heterocycles. The number of benzene rings is 2. The number of fused-ring (bicyclic) bond motifs is 3. The molecule has 112 valence electrons. The molecule has 0 fully saturated rings. The monoisotopic (exact) mass is 313 g/mol. The van der Waals surface area contributed by atoms with Crippen LogP contribution in [-0.2, 0) is 9.53 Å². The van der Waals surface area contributed by atoms with Crippen LogP contribution in [-0.4, -0.2) is 24.4 Å². The van der Waals surface area contributed by atoms with Gasteiger partial charge in [-0.2, -0.15) is 0 Å². The van der Waals surface area contributed by atoms with E-state index in [1.807, 2.05) is 36.4 Å². The lowest BCUT2D eigenvalue weighted by atomic mass is 9.98. The fourth-order valence-electron chi connectivity index (χ4n) is 2.79. The molecular weight excluding hydrogens is 298 g/mol. The highest BCUT2D eigenvalue weighted by Crippen LogP contribution is 2.44. The highest BCUT2D eigenvalue weighted by atomic mass is 32.1. The van der Waals surface area contributed by atoms with Crippen molar-refractivity contribution in [3.63, 3.8) is 0 Å². The van der Waals surface area contributed by atoms with E-state index in [4.69, 9.17) is 4.74 Å². The van der Waals surface area contributed by atoms with Crippen LogP contribution in [0.25, 0.3) is 11.1 Å². The van der Waals surface area contributed by atoms with Crippen LogP contribution >= 0.6 is 12.6 Å². The number of hydrogen-bond donors (Lipinski definition) is 2. The third-order valence-corrected chi connectivity index (χ3v) is 3.99. The van der Waals surface area contributed by atoms with Crippen molar-refractivity contribution >= 4 is 25.0 Å². The van der Waals surface area contributed by atoms with E-state index in [0.29, 0.717) is 6.29 Å². The quantitative estimate of drug-likeness (QED) is 0.518. The maximum Gasteiger partial charge on any atom is 0.408 e. The maximum absolute atomic E-state index is 11.7. The van der Waals surface area contributed by atoms with Gasteiger partial charge in [0.15, 0.2) is 6.29 Å². The lowest BCUT2D eigenvalue weighted by Gasteiger charge is -2.15. The van der Waals surface area contributed by atoms with Gasteiger partial charge >= 0.3 is 6.09 Å². The van der Waals surface area contributed by atoms with Crippen molar-refractivity contribution in [1.29, 1.82) is 0 Å². The number of carbonyl (C=O) groups excluding carboxylic acids is 2. The fourth-order valence-corrected chi connectivity index (χ4v) is 2.90. The second-order valence-electron chi connectivity index (χ2n) is 5.05. The Morgan fingerprint density at radius 1 is 1.14 bits per heavy atom. The minimum Gasteiger partial charge on any atom is -0.449 e. The van der Waals surface area contributed by atoms with Crippen molar-refractivity contribution in [2.75, 3.05) is 6.61 Å². The predicted molar refractivity (Wildman–Crippen MR) is 87.0 cm³/mol. The molecule has 1 aliphatic carbocycles. The van der Waals surface area contributed by atoms with Gasteiger partial charge in [0.1, 0.15) is 12.0 Å². The van der Waals surface area contributed by atoms with Gasteiger partial charge in [0.25, 0.3) is 0 Å². The first-order chi connectivity index (χ1) is 10.7. The summed E-state index contributed by atoms with van der Waals surface area (Å²) in [5, 5.41) is 1.49. The average molecular weight is 313 g/mol. The third kappa shape index (κ3) is 2.72. The standard InChI is InChI=1S/C17H15NO3S/c19-9-16(22)18-17(20)21-10-15-13-7-3-1-5-11(13)12-6-2-4-8-14(12)15/h1-9,15-16,22H,10H2,(H,18,20)/t16-/m1/s1. The maximum atomic E-state index is 11.7. The molecule has 1 N–H and O–H groups in total. The van der Waals surface area contributed by atoms with Crippen LogP contribution in [0.2, 0.25) is 0 Å². The molecule has 1 amide bonds. The topological polar surface area (TPSA) is 55.4 Å². The van der Waals surface area contributed by atoms with Crippen molar-refractivity contribution in [1.82, 2.24) is 5.32 Å². The molecule has 5 heteroatoms. The Balaban J connectivity index is 1.79. The molecule has 0 spiro atoms. The van der Waals surface area contributed by atoms with E-state index in [9.17, 15) is 9.59 Å². The lowest BCUT2D eigenvalue weighted by molar-refractivity contribution is -0.107. The molecule has 3 rings (SSSR count). The first kappa shape index (κ1) is 14.7. The Bertz CT molecular complexity index is 671. The van der Waals surface area contributed by atoms with Gasteiger partial charge in [-0.25, -0.2) is 4.79 Å². The number of carbonyl (C=O) groups is 2. The second kappa shape index (κ2) is 6.23. The number of hydrogen-bond acceptors (Lipinski definition) is 4. The SMILES string of the molecule is O=C[C@@H](S)NC(=O)OCC1c2ccccc2-c2ccccc21. The molecule has 2 aromatic rings. The Morgan fingerprint density at radius 3 is 2.23 bits per heavy atom. The number of rotatable bonds is 4. The van der Waals surface area contributed by atoms with Crippen molar-refractivity contribution in [2.45, 2.75) is 11.3 Å². The number of aldehydes is 1. The summed E-state index contributed by atoms with van der Waals surface area (Å²) in [6.07, 6.45) is -0.112. The second-order valence-corrected chi connectivity index (χ2v) is 5.61. The van der Waals surface area contributed by atoms with E-state index in [0.717, 1.165) is 11.1 Å². The highest BCUT2D eigenvalue weighted by Gasteiger charge is 2.29. The number of amides is 1.